The second kappa shape index (κ2) is 12.4. The molecule has 218 valence electrons. The van der Waals surface area contributed by atoms with Gasteiger partial charge in [-0.2, -0.15) is 0 Å². The zero-order valence-electron chi connectivity index (χ0n) is 23.0. The Labute approximate surface area is 254 Å². The van der Waals surface area contributed by atoms with Crippen molar-refractivity contribution in [3.8, 4) is 5.75 Å². The number of hydrogen-bond acceptors (Lipinski definition) is 9. The van der Waals surface area contributed by atoms with Crippen LogP contribution in [0, 0.1) is 5.82 Å². The lowest BCUT2D eigenvalue weighted by molar-refractivity contribution is -0.117. The molecule has 0 radical (unpaired) electrons. The first-order valence-corrected chi connectivity index (χ1v) is 15.5. The molecule has 1 unspecified atom stereocenters. The van der Waals surface area contributed by atoms with Gasteiger partial charge in [-0.25, -0.2) is 4.39 Å². The number of benzene rings is 3. The Morgan fingerprint density at radius 2 is 1.86 bits per heavy atom. The Morgan fingerprint density at radius 3 is 2.60 bits per heavy atom. The van der Waals surface area contributed by atoms with Crippen LogP contribution < -0.4 is 9.64 Å². The highest BCUT2D eigenvalue weighted by atomic mass is 32.2. The number of amides is 1. The third-order valence-corrected chi connectivity index (χ3v) is 9.07. The minimum absolute atomic E-state index is 0.00900. The number of fused-ring (bicyclic) bond motifs is 1. The van der Waals surface area contributed by atoms with Crippen molar-refractivity contribution in [2.75, 3.05) is 11.5 Å². The van der Waals surface area contributed by atoms with Crippen LogP contribution in [-0.4, -0.2) is 33.6 Å². The standard InChI is InChI=1S/C32H26FN3O5S2/c1-2-3-16-40-23-14-10-20(11-15-23)27-26(28(37)25-17-21-6-4-5-7-24(21)41-25)29(38)30(39)36(27)31-34-35-32(43-31)42-18-19-8-12-22(33)13-9-19/h4-15,17,27,38H,2-3,16,18H2,1H3. The summed E-state index contributed by atoms with van der Waals surface area (Å²) in [4.78, 5) is 28.8. The Kier molecular flexibility index (Phi) is 8.26. The molecule has 1 aliphatic rings. The number of unbranched alkanes of at least 4 members (excludes halogenated alkanes) is 1. The minimum atomic E-state index is -0.985. The van der Waals surface area contributed by atoms with E-state index in [1.807, 2.05) is 12.1 Å². The van der Waals surface area contributed by atoms with Crippen molar-refractivity contribution in [3.05, 3.63) is 113 Å². The number of thioether (sulfide) groups is 1. The monoisotopic (exact) mass is 615 g/mol. The highest BCUT2D eigenvalue weighted by Crippen LogP contribution is 2.44. The molecule has 1 atom stereocenters. The smallest absolute Gasteiger partial charge is 0.296 e. The molecule has 43 heavy (non-hydrogen) atoms. The number of carbonyl (C=O) groups excluding carboxylic acids is 2. The Balaban J connectivity index is 1.33. The summed E-state index contributed by atoms with van der Waals surface area (Å²) >= 11 is 2.55. The van der Waals surface area contributed by atoms with Crippen molar-refractivity contribution in [1.82, 2.24) is 10.2 Å². The third kappa shape index (κ3) is 5.91. The van der Waals surface area contributed by atoms with E-state index in [9.17, 15) is 19.1 Å². The molecule has 0 aliphatic carbocycles. The maximum Gasteiger partial charge on any atom is 0.296 e. The number of carbonyl (C=O) groups is 2. The normalized spacial score (nSPS) is 15.1. The molecule has 1 N–H and O–H groups in total. The number of furan rings is 1. The van der Waals surface area contributed by atoms with Crippen molar-refractivity contribution in [3.63, 3.8) is 0 Å². The van der Waals surface area contributed by atoms with Gasteiger partial charge in [0, 0.05) is 11.1 Å². The Bertz CT molecular complexity index is 1780. The zero-order chi connectivity index (χ0) is 29.9. The first-order valence-electron chi connectivity index (χ1n) is 13.7. The van der Waals surface area contributed by atoms with Gasteiger partial charge in [0.15, 0.2) is 15.9 Å². The van der Waals surface area contributed by atoms with Gasteiger partial charge in [-0.15, -0.1) is 10.2 Å². The van der Waals surface area contributed by atoms with E-state index in [1.165, 1.54) is 28.8 Å². The fourth-order valence-corrected chi connectivity index (χ4v) is 6.56. The van der Waals surface area contributed by atoms with Gasteiger partial charge < -0.3 is 14.3 Å². The average molecular weight is 616 g/mol. The number of hydrogen-bond donors (Lipinski definition) is 1. The molecular weight excluding hydrogens is 590 g/mol. The number of Topliss-reactive ketones (excluding diaryl/α,β-unsaturated/α-hetero) is 1. The first-order chi connectivity index (χ1) is 20.9. The number of ketones is 1. The largest absolute Gasteiger partial charge is 0.503 e. The van der Waals surface area contributed by atoms with Crippen LogP contribution in [0.3, 0.4) is 0 Å². The van der Waals surface area contributed by atoms with E-state index in [0.29, 0.717) is 33.6 Å². The molecule has 0 saturated heterocycles. The highest BCUT2D eigenvalue weighted by Gasteiger charge is 2.46. The van der Waals surface area contributed by atoms with E-state index in [1.54, 1.807) is 54.6 Å². The average Bonchev–Trinajstić information content (AvgIpc) is 3.73. The molecule has 3 heterocycles. The van der Waals surface area contributed by atoms with Crippen LogP contribution in [0.25, 0.3) is 11.0 Å². The quantitative estimate of drug-likeness (QED) is 0.0698. The molecule has 2 aromatic heterocycles. The van der Waals surface area contributed by atoms with Crippen LogP contribution in [0.2, 0.25) is 0 Å². The molecule has 6 rings (SSSR count). The fourth-order valence-electron chi connectivity index (χ4n) is 4.74. The summed E-state index contributed by atoms with van der Waals surface area (Å²) in [6.07, 6.45) is 1.92. The molecule has 1 amide bonds. The van der Waals surface area contributed by atoms with Gasteiger partial charge in [-0.05, 0) is 53.9 Å². The molecule has 8 nitrogen and oxygen atoms in total. The maximum absolute atomic E-state index is 13.9. The Morgan fingerprint density at radius 1 is 1.09 bits per heavy atom. The van der Waals surface area contributed by atoms with Crippen LogP contribution >= 0.6 is 23.1 Å². The molecule has 1 aliphatic heterocycles. The summed E-state index contributed by atoms with van der Waals surface area (Å²) in [5.74, 6) is -1.17. The lowest BCUT2D eigenvalue weighted by Gasteiger charge is -2.24. The number of para-hydroxylation sites is 1. The molecular formula is C32H26FN3O5S2. The van der Waals surface area contributed by atoms with Gasteiger partial charge in [0.1, 0.15) is 17.1 Å². The number of aromatic nitrogens is 2. The number of rotatable bonds is 11. The third-order valence-electron chi connectivity index (χ3n) is 6.94. The van der Waals surface area contributed by atoms with Crippen molar-refractivity contribution >= 4 is 50.9 Å². The van der Waals surface area contributed by atoms with Crippen LogP contribution in [0.15, 0.2) is 99.0 Å². The van der Waals surface area contributed by atoms with E-state index in [2.05, 4.69) is 17.1 Å². The maximum atomic E-state index is 13.9. The predicted octanol–water partition coefficient (Wildman–Crippen LogP) is 7.68. The van der Waals surface area contributed by atoms with Gasteiger partial charge in [0.2, 0.25) is 10.9 Å². The van der Waals surface area contributed by atoms with Gasteiger partial charge in [0.05, 0.1) is 18.2 Å². The number of aliphatic hydroxyl groups excluding tert-OH is 1. The molecule has 3 aromatic carbocycles. The van der Waals surface area contributed by atoms with Gasteiger partial charge >= 0.3 is 0 Å². The number of anilines is 1. The van der Waals surface area contributed by atoms with Crippen LogP contribution in [0.5, 0.6) is 5.75 Å². The molecule has 0 saturated carbocycles. The molecule has 0 spiro atoms. The SMILES string of the molecule is CCCCOc1ccc(C2C(C(=O)c3cc4ccccc4o3)=C(O)C(=O)N2c2nnc(SCc3ccc(F)cc3)s2)cc1. The van der Waals surface area contributed by atoms with Crippen molar-refractivity contribution in [2.24, 2.45) is 0 Å². The van der Waals surface area contributed by atoms with Gasteiger partial charge in [-0.1, -0.05) is 78.9 Å². The van der Waals surface area contributed by atoms with E-state index < -0.39 is 23.5 Å². The van der Waals surface area contributed by atoms with E-state index in [4.69, 9.17) is 9.15 Å². The number of ether oxygens (including phenoxy) is 1. The van der Waals surface area contributed by atoms with Gasteiger partial charge in [-0.3, -0.25) is 14.5 Å². The van der Waals surface area contributed by atoms with E-state index in [-0.39, 0.29) is 22.3 Å². The van der Waals surface area contributed by atoms with E-state index >= 15 is 0 Å². The highest BCUT2D eigenvalue weighted by molar-refractivity contribution is 8.00. The topological polar surface area (TPSA) is 106 Å². The van der Waals surface area contributed by atoms with Crippen molar-refractivity contribution in [2.45, 2.75) is 35.9 Å². The second-order valence-corrected chi connectivity index (χ2v) is 12.0. The second-order valence-electron chi connectivity index (χ2n) is 9.85. The minimum Gasteiger partial charge on any atom is -0.503 e. The van der Waals surface area contributed by atoms with Crippen molar-refractivity contribution < 1.29 is 28.2 Å². The fraction of sp³-hybridized carbons (Fsp3) is 0.188. The summed E-state index contributed by atoms with van der Waals surface area (Å²) in [6.45, 7) is 2.65. The number of halogens is 1. The lowest BCUT2D eigenvalue weighted by Crippen LogP contribution is -2.31. The first kappa shape index (κ1) is 28.6. The molecule has 0 bridgehead atoms. The Hall–Kier alpha value is -4.48. The molecule has 11 heteroatoms. The van der Waals surface area contributed by atoms with Gasteiger partial charge in [0.25, 0.3) is 5.91 Å². The summed E-state index contributed by atoms with van der Waals surface area (Å²) in [5.41, 5.74) is 1.89. The summed E-state index contributed by atoms with van der Waals surface area (Å²) in [6, 6.07) is 21.1. The van der Waals surface area contributed by atoms with Crippen LogP contribution in [0.1, 0.15) is 47.5 Å². The summed E-state index contributed by atoms with van der Waals surface area (Å²) in [5, 5.41) is 20.6. The van der Waals surface area contributed by atoms with Crippen molar-refractivity contribution in [1.29, 1.82) is 0 Å². The zero-order valence-corrected chi connectivity index (χ0v) is 24.7. The molecule has 0 fully saturated rings. The summed E-state index contributed by atoms with van der Waals surface area (Å²) < 4.78 is 25.5. The van der Waals surface area contributed by atoms with E-state index in [0.717, 1.165) is 35.1 Å². The van der Waals surface area contributed by atoms with Crippen LogP contribution in [0.4, 0.5) is 9.52 Å². The van der Waals surface area contributed by atoms with Crippen LogP contribution in [-0.2, 0) is 10.5 Å². The number of aliphatic hydroxyl groups is 1. The lowest BCUT2D eigenvalue weighted by atomic mass is 9.95. The summed E-state index contributed by atoms with van der Waals surface area (Å²) in [7, 11) is 0. The number of nitrogens with zero attached hydrogens (tertiary/aromatic N) is 3. The predicted molar refractivity (Wildman–Crippen MR) is 163 cm³/mol. The molecule has 5 aromatic rings.